The lowest BCUT2D eigenvalue weighted by Gasteiger charge is -2.21. The lowest BCUT2D eigenvalue weighted by Crippen LogP contribution is -2.35. The minimum absolute atomic E-state index is 0.253. The molecule has 0 saturated heterocycles. The summed E-state index contributed by atoms with van der Waals surface area (Å²) >= 11 is 6.00. The molecule has 8 heteroatoms. The Morgan fingerprint density at radius 1 is 1.38 bits per heavy atom. The monoisotopic (exact) mass is 345 g/mol. The predicted molar refractivity (Wildman–Crippen MR) is 91.1 cm³/mol. The van der Waals surface area contributed by atoms with Crippen LogP contribution in [0.25, 0.3) is 5.65 Å². The molecule has 0 bridgehead atoms. The van der Waals surface area contributed by atoms with Crippen molar-refractivity contribution in [3.63, 3.8) is 0 Å². The molecule has 0 saturated carbocycles. The largest absolute Gasteiger partial charge is 0.333 e. The van der Waals surface area contributed by atoms with Gasteiger partial charge >= 0.3 is 0 Å². The van der Waals surface area contributed by atoms with Crippen molar-refractivity contribution in [2.24, 2.45) is 5.73 Å². The van der Waals surface area contributed by atoms with Gasteiger partial charge in [0.1, 0.15) is 5.56 Å². The van der Waals surface area contributed by atoms with E-state index in [1.807, 2.05) is 12.1 Å². The van der Waals surface area contributed by atoms with Crippen LogP contribution >= 0.6 is 11.6 Å². The van der Waals surface area contributed by atoms with Gasteiger partial charge in [-0.05, 0) is 17.7 Å². The van der Waals surface area contributed by atoms with E-state index in [4.69, 9.17) is 17.3 Å². The van der Waals surface area contributed by atoms with Gasteiger partial charge < -0.3 is 10.6 Å². The van der Waals surface area contributed by atoms with Gasteiger partial charge in [0.15, 0.2) is 5.65 Å². The number of hydrogen-bond donors (Lipinski definition) is 2. The zero-order valence-electron chi connectivity index (χ0n) is 12.8. The van der Waals surface area contributed by atoms with Crippen molar-refractivity contribution in [1.82, 2.24) is 19.5 Å². The maximum absolute atomic E-state index is 12.9. The van der Waals surface area contributed by atoms with Crippen molar-refractivity contribution < 1.29 is 4.79 Å². The third kappa shape index (κ3) is 3.17. The van der Waals surface area contributed by atoms with Crippen molar-refractivity contribution in [1.29, 1.82) is 0 Å². The van der Waals surface area contributed by atoms with Gasteiger partial charge in [0, 0.05) is 43.1 Å². The molecule has 0 spiro atoms. The predicted octanol–water partition coefficient (Wildman–Crippen LogP) is 1.28. The molecule has 2 heterocycles. The van der Waals surface area contributed by atoms with Crippen LogP contribution in [-0.2, 0) is 6.54 Å². The second-order valence-corrected chi connectivity index (χ2v) is 5.71. The number of aromatic amines is 1. The Hall–Kier alpha value is -2.64. The molecule has 0 aliphatic heterocycles. The average molecular weight is 346 g/mol. The summed E-state index contributed by atoms with van der Waals surface area (Å²) in [4.78, 5) is 30.4. The van der Waals surface area contributed by atoms with E-state index in [1.165, 1.54) is 23.0 Å². The van der Waals surface area contributed by atoms with Crippen molar-refractivity contribution >= 4 is 23.2 Å². The second-order valence-electron chi connectivity index (χ2n) is 5.27. The van der Waals surface area contributed by atoms with Gasteiger partial charge in [0.2, 0.25) is 0 Å². The number of aromatic nitrogens is 3. The van der Waals surface area contributed by atoms with Gasteiger partial charge in [-0.15, -0.1) is 0 Å². The van der Waals surface area contributed by atoms with Crippen molar-refractivity contribution in [3.05, 3.63) is 69.2 Å². The molecule has 24 heavy (non-hydrogen) atoms. The summed E-state index contributed by atoms with van der Waals surface area (Å²) in [6.07, 6.45) is 2.86. The van der Waals surface area contributed by atoms with E-state index in [9.17, 15) is 9.59 Å². The Labute approximate surface area is 142 Å². The highest BCUT2D eigenvalue weighted by Gasteiger charge is 2.20. The third-order valence-corrected chi connectivity index (χ3v) is 3.84. The van der Waals surface area contributed by atoms with Crippen LogP contribution in [-0.4, -0.2) is 38.5 Å². The number of fused-ring (bicyclic) bond motifs is 1. The topological polar surface area (TPSA) is 96.5 Å². The Morgan fingerprint density at radius 2 is 2.21 bits per heavy atom. The first-order valence-corrected chi connectivity index (χ1v) is 7.77. The van der Waals surface area contributed by atoms with Crippen LogP contribution in [0, 0.1) is 0 Å². The van der Waals surface area contributed by atoms with Gasteiger partial charge in [0.05, 0.1) is 0 Å². The molecule has 7 nitrogen and oxygen atoms in total. The molecule has 0 radical (unpaired) electrons. The fourth-order valence-electron chi connectivity index (χ4n) is 2.51. The molecule has 1 aromatic carbocycles. The summed E-state index contributed by atoms with van der Waals surface area (Å²) in [5.74, 6) is -0.253. The van der Waals surface area contributed by atoms with Crippen LogP contribution in [0.5, 0.6) is 0 Å². The smallest absolute Gasteiger partial charge is 0.272 e. The number of nitrogens with zero attached hydrogens (tertiary/aromatic N) is 3. The van der Waals surface area contributed by atoms with Gasteiger partial charge in [-0.1, -0.05) is 23.7 Å². The minimum atomic E-state index is -0.278. The highest BCUT2D eigenvalue weighted by atomic mass is 35.5. The number of benzene rings is 1. The number of nitrogens with two attached hydrogens (primary N) is 1. The molecule has 124 valence electrons. The normalized spacial score (nSPS) is 10.9. The number of nitrogens with one attached hydrogen (secondary N) is 1. The molecule has 2 aromatic heterocycles. The van der Waals surface area contributed by atoms with E-state index >= 15 is 0 Å². The number of carbonyl (C=O) groups excluding carboxylic acids is 1. The van der Waals surface area contributed by atoms with Gasteiger partial charge in [0.25, 0.3) is 11.5 Å². The van der Waals surface area contributed by atoms with Gasteiger partial charge in [-0.25, -0.2) is 9.50 Å². The Bertz CT molecular complexity index is 933. The highest BCUT2D eigenvalue weighted by Crippen LogP contribution is 2.15. The van der Waals surface area contributed by atoms with Crippen LogP contribution in [0.3, 0.4) is 0 Å². The maximum Gasteiger partial charge on any atom is 0.272 e. The first-order valence-electron chi connectivity index (χ1n) is 7.39. The highest BCUT2D eigenvalue weighted by molar-refractivity contribution is 6.30. The molecule has 0 unspecified atom stereocenters. The molecular weight excluding hydrogens is 330 g/mol. The first-order chi connectivity index (χ1) is 11.6. The zero-order valence-corrected chi connectivity index (χ0v) is 13.5. The third-order valence-electron chi connectivity index (χ3n) is 3.60. The van der Waals surface area contributed by atoms with E-state index in [0.717, 1.165) is 5.56 Å². The molecule has 3 N–H and O–H groups in total. The molecule has 3 rings (SSSR count). The fraction of sp³-hybridized carbons (Fsp3) is 0.188. The minimum Gasteiger partial charge on any atom is -0.333 e. The van der Waals surface area contributed by atoms with Crippen molar-refractivity contribution in [2.45, 2.75) is 6.54 Å². The molecule has 3 aromatic rings. The van der Waals surface area contributed by atoms with E-state index < -0.39 is 0 Å². The lowest BCUT2D eigenvalue weighted by molar-refractivity contribution is 0.0750. The summed E-state index contributed by atoms with van der Waals surface area (Å²) in [6, 6.07) is 8.62. The quantitative estimate of drug-likeness (QED) is 0.728. The van der Waals surface area contributed by atoms with Crippen molar-refractivity contribution in [2.75, 3.05) is 13.1 Å². The number of H-pyrrole nitrogens is 1. The van der Waals surface area contributed by atoms with E-state index in [1.54, 1.807) is 17.0 Å². The number of carbonyl (C=O) groups is 1. The lowest BCUT2D eigenvalue weighted by atomic mass is 10.2. The van der Waals surface area contributed by atoms with Gasteiger partial charge in [-0.2, -0.15) is 0 Å². The summed E-state index contributed by atoms with van der Waals surface area (Å²) in [6.45, 7) is 1.06. The van der Waals surface area contributed by atoms with Crippen molar-refractivity contribution in [3.8, 4) is 0 Å². The second kappa shape index (κ2) is 6.86. The first kappa shape index (κ1) is 16.2. The molecule has 0 fully saturated rings. The number of hydrogen-bond acceptors (Lipinski definition) is 4. The Morgan fingerprint density at radius 3 is 2.96 bits per heavy atom. The SMILES string of the molecule is NCCN(Cc1cccc(Cl)c1)C(=O)c1c[nH]n2c(=O)ccnc12. The summed E-state index contributed by atoms with van der Waals surface area (Å²) in [5.41, 5.74) is 6.88. The standard InChI is InChI=1S/C16H16ClN5O2/c17-12-3-1-2-11(8-12)10-21(7-5-18)16(24)13-9-20-22-14(23)4-6-19-15(13)22/h1-4,6,8-9,20H,5,7,10,18H2. The Balaban J connectivity index is 1.94. The summed E-state index contributed by atoms with van der Waals surface area (Å²) in [7, 11) is 0. The zero-order chi connectivity index (χ0) is 17.1. The van der Waals surface area contributed by atoms with Crippen LogP contribution < -0.4 is 11.3 Å². The van der Waals surface area contributed by atoms with Gasteiger partial charge in [-0.3, -0.25) is 14.7 Å². The van der Waals surface area contributed by atoms with Crippen LogP contribution in [0.1, 0.15) is 15.9 Å². The van der Waals surface area contributed by atoms with Crippen LogP contribution in [0.15, 0.2) is 47.5 Å². The molecule has 0 aliphatic carbocycles. The molecular formula is C16H16ClN5O2. The molecule has 0 aliphatic rings. The van der Waals surface area contributed by atoms with E-state index in [2.05, 4.69) is 10.1 Å². The summed E-state index contributed by atoms with van der Waals surface area (Å²) in [5, 5.41) is 3.35. The van der Waals surface area contributed by atoms with E-state index in [-0.39, 0.29) is 11.5 Å². The Kier molecular flexibility index (Phi) is 4.64. The molecule has 1 amide bonds. The summed E-state index contributed by atoms with van der Waals surface area (Å²) < 4.78 is 1.23. The molecule has 0 atom stereocenters. The van der Waals surface area contributed by atoms with Crippen LogP contribution in [0.4, 0.5) is 0 Å². The maximum atomic E-state index is 12.9. The fourth-order valence-corrected chi connectivity index (χ4v) is 2.72. The number of rotatable bonds is 5. The van der Waals surface area contributed by atoms with E-state index in [0.29, 0.717) is 35.9 Å². The average Bonchev–Trinajstić information content (AvgIpc) is 2.99. The number of amides is 1. The van der Waals surface area contributed by atoms with Crippen LogP contribution in [0.2, 0.25) is 5.02 Å². The number of halogens is 1.